The summed E-state index contributed by atoms with van der Waals surface area (Å²) in [6.07, 6.45) is 1.31. The highest BCUT2D eigenvalue weighted by atomic mass is 16.3. The van der Waals surface area contributed by atoms with Gasteiger partial charge in [0.15, 0.2) is 0 Å². The Morgan fingerprint density at radius 1 is 0.917 bits per heavy atom. The molecular formula is C18H37N5O. The predicted molar refractivity (Wildman–Crippen MR) is 98.4 cm³/mol. The van der Waals surface area contributed by atoms with E-state index in [1.165, 1.54) is 52.2 Å². The van der Waals surface area contributed by atoms with Gasteiger partial charge < -0.3 is 20.2 Å². The molecule has 140 valence electrons. The highest BCUT2D eigenvalue weighted by molar-refractivity contribution is 4.90. The highest BCUT2D eigenvalue weighted by Crippen LogP contribution is 2.22. The maximum Gasteiger partial charge on any atom is 0.0558 e. The number of piperidine rings is 1. The van der Waals surface area contributed by atoms with Gasteiger partial charge in [-0.25, -0.2) is 0 Å². The SMILES string of the molecule is CCN1CCN(CC2CCNCC2N2CCN(CCO)CC2)CC1. The predicted octanol–water partition coefficient (Wildman–Crippen LogP) is -0.788. The number of β-amino-alcohol motifs (C(OH)–C–C–N with tert-alkyl or cyclic N) is 1. The van der Waals surface area contributed by atoms with Crippen LogP contribution < -0.4 is 5.32 Å². The maximum absolute atomic E-state index is 9.12. The molecule has 3 heterocycles. The van der Waals surface area contributed by atoms with Crippen LogP contribution in [0.2, 0.25) is 0 Å². The summed E-state index contributed by atoms with van der Waals surface area (Å²) in [6.45, 7) is 17.7. The van der Waals surface area contributed by atoms with Crippen molar-refractivity contribution >= 4 is 0 Å². The second kappa shape index (κ2) is 9.46. The molecule has 0 aromatic carbocycles. The fourth-order valence-electron chi connectivity index (χ4n) is 4.62. The molecule has 0 spiro atoms. The molecule has 3 aliphatic heterocycles. The molecule has 2 atom stereocenters. The van der Waals surface area contributed by atoms with Gasteiger partial charge in [-0.3, -0.25) is 9.80 Å². The van der Waals surface area contributed by atoms with Crippen molar-refractivity contribution in [3.05, 3.63) is 0 Å². The van der Waals surface area contributed by atoms with Gasteiger partial charge in [0.05, 0.1) is 6.61 Å². The van der Waals surface area contributed by atoms with Gasteiger partial charge in [0.2, 0.25) is 0 Å². The molecule has 0 aromatic rings. The minimum atomic E-state index is 0.289. The van der Waals surface area contributed by atoms with Crippen LogP contribution in [0.25, 0.3) is 0 Å². The van der Waals surface area contributed by atoms with Crippen molar-refractivity contribution in [3.63, 3.8) is 0 Å². The molecule has 24 heavy (non-hydrogen) atoms. The van der Waals surface area contributed by atoms with Crippen LogP contribution >= 0.6 is 0 Å². The Hall–Kier alpha value is -0.240. The van der Waals surface area contributed by atoms with Crippen molar-refractivity contribution in [1.82, 2.24) is 24.9 Å². The van der Waals surface area contributed by atoms with Gasteiger partial charge in [-0.15, -0.1) is 0 Å². The second-order valence-electron chi connectivity index (χ2n) is 7.66. The van der Waals surface area contributed by atoms with E-state index in [0.717, 1.165) is 45.2 Å². The zero-order chi connectivity index (χ0) is 16.8. The van der Waals surface area contributed by atoms with Gasteiger partial charge in [0.25, 0.3) is 0 Å². The van der Waals surface area contributed by atoms with Crippen LogP contribution in [0.4, 0.5) is 0 Å². The standard InChI is InChI=1S/C18H37N5O/c1-2-20-5-7-22(8-6-20)16-17-3-4-19-15-18(17)23-11-9-21(10-12-23)13-14-24/h17-19,24H,2-16H2,1H3. The summed E-state index contributed by atoms with van der Waals surface area (Å²) in [6, 6.07) is 0.694. The van der Waals surface area contributed by atoms with Crippen molar-refractivity contribution in [2.75, 3.05) is 91.7 Å². The van der Waals surface area contributed by atoms with Gasteiger partial charge in [-0.1, -0.05) is 6.92 Å². The lowest BCUT2D eigenvalue weighted by Crippen LogP contribution is -2.59. The Morgan fingerprint density at radius 3 is 2.25 bits per heavy atom. The molecule has 0 saturated carbocycles. The van der Waals surface area contributed by atoms with Crippen LogP contribution in [-0.2, 0) is 0 Å². The third-order valence-corrected chi connectivity index (χ3v) is 6.29. The van der Waals surface area contributed by atoms with Crippen molar-refractivity contribution in [2.45, 2.75) is 19.4 Å². The molecule has 3 aliphatic rings. The summed E-state index contributed by atoms with van der Waals surface area (Å²) >= 11 is 0. The Labute approximate surface area is 147 Å². The lowest BCUT2D eigenvalue weighted by Gasteiger charge is -2.46. The first-order valence-electron chi connectivity index (χ1n) is 10.0. The van der Waals surface area contributed by atoms with Crippen molar-refractivity contribution < 1.29 is 5.11 Å². The van der Waals surface area contributed by atoms with Crippen LogP contribution in [0.1, 0.15) is 13.3 Å². The molecule has 0 bridgehead atoms. The van der Waals surface area contributed by atoms with Crippen LogP contribution in [0.15, 0.2) is 0 Å². The first-order valence-corrected chi connectivity index (χ1v) is 10.0. The first-order chi connectivity index (χ1) is 11.8. The monoisotopic (exact) mass is 339 g/mol. The van der Waals surface area contributed by atoms with E-state index in [4.69, 9.17) is 5.11 Å². The molecule has 0 amide bonds. The summed E-state index contributed by atoms with van der Waals surface area (Å²) in [5.74, 6) is 0.809. The van der Waals surface area contributed by atoms with Crippen molar-refractivity contribution in [1.29, 1.82) is 0 Å². The molecule has 6 heteroatoms. The molecule has 2 N–H and O–H groups in total. The van der Waals surface area contributed by atoms with E-state index in [1.807, 2.05) is 0 Å². The van der Waals surface area contributed by atoms with Gasteiger partial charge in [-0.05, 0) is 25.4 Å². The lowest BCUT2D eigenvalue weighted by molar-refractivity contribution is 0.0310. The third-order valence-electron chi connectivity index (χ3n) is 6.29. The van der Waals surface area contributed by atoms with E-state index in [-0.39, 0.29) is 6.61 Å². The van der Waals surface area contributed by atoms with E-state index in [2.05, 4.69) is 31.8 Å². The normalized spacial score (nSPS) is 32.2. The van der Waals surface area contributed by atoms with Gasteiger partial charge in [0.1, 0.15) is 0 Å². The molecular weight excluding hydrogens is 302 g/mol. The lowest BCUT2D eigenvalue weighted by atomic mass is 9.90. The topological polar surface area (TPSA) is 45.2 Å². The Balaban J connectivity index is 1.49. The number of nitrogens with one attached hydrogen (secondary N) is 1. The summed E-state index contributed by atoms with van der Waals surface area (Å²) in [5.41, 5.74) is 0. The summed E-state index contributed by atoms with van der Waals surface area (Å²) in [5, 5.41) is 12.7. The zero-order valence-electron chi connectivity index (χ0n) is 15.5. The quantitative estimate of drug-likeness (QED) is 0.662. The molecule has 0 radical (unpaired) electrons. The fraction of sp³-hybridized carbons (Fsp3) is 1.00. The number of rotatable bonds is 6. The number of likely N-dealkylation sites (N-methyl/N-ethyl adjacent to an activating group) is 1. The molecule has 3 fully saturated rings. The molecule has 3 rings (SSSR count). The zero-order valence-corrected chi connectivity index (χ0v) is 15.5. The summed E-state index contributed by atoms with van der Waals surface area (Å²) < 4.78 is 0. The average molecular weight is 340 g/mol. The van der Waals surface area contributed by atoms with Crippen molar-refractivity contribution in [3.8, 4) is 0 Å². The van der Waals surface area contributed by atoms with Crippen LogP contribution in [0.5, 0.6) is 0 Å². The Bertz CT molecular complexity index is 353. The van der Waals surface area contributed by atoms with E-state index in [1.54, 1.807) is 0 Å². The molecule has 0 aliphatic carbocycles. The number of nitrogens with zero attached hydrogens (tertiary/aromatic N) is 4. The van der Waals surface area contributed by atoms with Gasteiger partial charge >= 0.3 is 0 Å². The number of aliphatic hydroxyl groups excluding tert-OH is 1. The highest BCUT2D eigenvalue weighted by Gasteiger charge is 2.33. The van der Waals surface area contributed by atoms with Gasteiger partial charge in [-0.2, -0.15) is 0 Å². The average Bonchev–Trinajstić information content (AvgIpc) is 2.64. The molecule has 3 saturated heterocycles. The van der Waals surface area contributed by atoms with Crippen LogP contribution in [0.3, 0.4) is 0 Å². The van der Waals surface area contributed by atoms with Gasteiger partial charge in [0, 0.05) is 78.0 Å². The van der Waals surface area contributed by atoms with E-state index in [0.29, 0.717) is 6.04 Å². The van der Waals surface area contributed by atoms with E-state index >= 15 is 0 Å². The molecule has 6 nitrogen and oxygen atoms in total. The van der Waals surface area contributed by atoms with Crippen molar-refractivity contribution in [2.24, 2.45) is 5.92 Å². The first kappa shape index (κ1) is 18.5. The summed E-state index contributed by atoms with van der Waals surface area (Å²) in [7, 11) is 0. The minimum absolute atomic E-state index is 0.289. The number of piperazine rings is 2. The fourth-order valence-corrected chi connectivity index (χ4v) is 4.62. The maximum atomic E-state index is 9.12. The number of aliphatic hydroxyl groups is 1. The number of hydrogen-bond acceptors (Lipinski definition) is 6. The minimum Gasteiger partial charge on any atom is -0.395 e. The smallest absolute Gasteiger partial charge is 0.0558 e. The van der Waals surface area contributed by atoms with Crippen LogP contribution in [-0.4, -0.2) is 122 Å². The van der Waals surface area contributed by atoms with E-state index < -0.39 is 0 Å². The molecule has 0 aromatic heterocycles. The Morgan fingerprint density at radius 2 is 1.58 bits per heavy atom. The second-order valence-corrected chi connectivity index (χ2v) is 7.66. The van der Waals surface area contributed by atoms with E-state index in [9.17, 15) is 0 Å². The molecule has 2 unspecified atom stereocenters. The largest absolute Gasteiger partial charge is 0.395 e. The third kappa shape index (κ3) is 4.90. The summed E-state index contributed by atoms with van der Waals surface area (Å²) in [4.78, 5) is 10.4. The Kier molecular flexibility index (Phi) is 7.31. The number of hydrogen-bond donors (Lipinski definition) is 2. The van der Waals surface area contributed by atoms with Crippen LogP contribution in [0, 0.1) is 5.92 Å².